The summed E-state index contributed by atoms with van der Waals surface area (Å²) >= 11 is 3.49. The number of halogens is 1. The zero-order valence-electron chi connectivity index (χ0n) is 10.6. The molecule has 1 heterocycles. The molecule has 4 nitrogen and oxygen atoms in total. The highest BCUT2D eigenvalue weighted by Crippen LogP contribution is 2.34. The van der Waals surface area contributed by atoms with Crippen LogP contribution in [-0.2, 0) is 0 Å². The fourth-order valence-electron chi connectivity index (χ4n) is 2.39. The highest BCUT2D eigenvalue weighted by molar-refractivity contribution is 9.09. The van der Waals surface area contributed by atoms with Crippen LogP contribution >= 0.6 is 15.9 Å². The van der Waals surface area contributed by atoms with E-state index < -0.39 is 0 Å². The van der Waals surface area contributed by atoms with Crippen LogP contribution in [0.25, 0.3) is 0 Å². The lowest BCUT2D eigenvalue weighted by molar-refractivity contribution is 0.0855. The summed E-state index contributed by atoms with van der Waals surface area (Å²) in [5, 5.41) is 3.92. The number of amides is 1. The Morgan fingerprint density at radius 2 is 2.00 bits per heavy atom. The maximum atomic E-state index is 12.3. The van der Waals surface area contributed by atoms with Crippen LogP contribution in [0.4, 0.5) is 0 Å². The molecule has 1 aliphatic carbocycles. The number of ether oxygens (including phenoxy) is 2. The Labute approximate surface area is 120 Å². The van der Waals surface area contributed by atoms with Gasteiger partial charge in [0.2, 0.25) is 0 Å². The summed E-state index contributed by atoms with van der Waals surface area (Å²) in [6, 6.07) is 5.33. The molecule has 0 bridgehead atoms. The summed E-state index contributed by atoms with van der Waals surface area (Å²) in [6.07, 6.45) is 3.25. The monoisotopic (exact) mass is 325 g/mol. The minimum absolute atomic E-state index is 0.0453. The lowest BCUT2D eigenvalue weighted by atomic mass is 9.78. The average molecular weight is 326 g/mol. The molecule has 0 spiro atoms. The van der Waals surface area contributed by atoms with Gasteiger partial charge in [-0.1, -0.05) is 15.9 Å². The average Bonchev–Trinajstić information content (AvgIpc) is 2.42. The van der Waals surface area contributed by atoms with E-state index in [1.165, 1.54) is 6.42 Å². The predicted octanol–water partition coefficient (Wildman–Crippen LogP) is 2.51. The number of hydrogen-bond donors (Lipinski definition) is 1. The van der Waals surface area contributed by atoms with Crippen molar-refractivity contribution < 1.29 is 14.3 Å². The van der Waals surface area contributed by atoms with E-state index in [0.717, 1.165) is 18.2 Å². The van der Waals surface area contributed by atoms with Crippen molar-refractivity contribution in [3.63, 3.8) is 0 Å². The summed E-state index contributed by atoms with van der Waals surface area (Å²) in [4.78, 5) is 12.3. The molecule has 0 radical (unpaired) electrons. The molecule has 3 rings (SSSR count). The van der Waals surface area contributed by atoms with Crippen LogP contribution in [0, 0.1) is 0 Å². The van der Waals surface area contributed by atoms with Gasteiger partial charge in [-0.3, -0.25) is 4.79 Å². The van der Waals surface area contributed by atoms with Crippen molar-refractivity contribution in [1.82, 2.24) is 5.32 Å². The highest BCUT2D eigenvalue weighted by atomic mass is 79.9. The van der Waals surface area contributed by atoms with Crippen LogP contribution < -0.4 is 14.8 Å². The van der Waals surface area contributed by atoms with Gasteiger partial charge in [-0.25, -0.2) is 0 Å². The molecule has 0 unspecified atom stereocenters. The van der Waals surface area contributed by atoms with Gasteiger partial charge in [-0.05, 0) is 37.5 Å². The lowest BCUT2D eigenvalue weighted by Crippen LogP contribution is -2.54. The second-order valence-electron chi connectivity index (χ2n) is 5.08. The number of carbonyl (C=O) groups is 1. The van der Waals surface area contributed by atoms with Gasteiger partial charge in [0, 0.05) is 10.9 Å². The molecule has 0 aromatic heterocycles. The fraction of sp³-hybridized carbons (Fsp3) is 0.500. The Morgan fingerprint density at radius 1 is 1.26 bits per heavy atom. The molecule has 1 N–H and O–H groups in total. The summed E-state index contributed by atoms with van der Waals surface area (Å²) in [7, 11) is 0. The third-order valence-electron chi connectivity index (χ3n) is 3.75. The molecule has 5 heteroatoms. The van der Waals surface area contributed by atoms with Gasteiger partial charge in [-0.2, -0.15) is 0 Å². The van der Waals surface area contributed by atoms with Crippen LogP contribution in [0.5, 0.6) is 11.5 Å². The second kappa shape index (κ2) is 5.04. The largest absolute Gasteiger partial charge is 0.486 e. The van der Waals surface area contributed by atoms with Gasteiger partial charge >= 0.3 is 0 Å². The molecule has 2 aliphatic rings. The van der Waals surface area contributed by atoms with Crippen molar-refractivity contribution in [2.24, 2.45) is 0 Å². The van der Waals surface area contributed by atoms with Crippen LogP contribution in [0.1, 0.15) is 29.6 Å². The molecular weight excluding hydrogens is 310 g/mol. The molecule has 0 saturated heterocycles. The maximum Gasteiger partial charge on any atom is 0.251 e. The number of fused-ring (bicyclic) bond motifs is 1. The van der Waals surface area contributed by atoms with Gasteiger partial charge in [0.05, 0.1) is 5.54 Å². The van der Waals surface area contributed by atoms with Crippen molar-refractivity contribution in [2.75, 3.05) is 18.5 Å². The Morgan fingerprint density at radius 3 is 2.63 bits per heavy atom. The van der Waals surface area contributed by atoms with Crippen molar-refractivity contribution in [3.05, 3.63) is 23.8 Å². The summed E-state index contributed by atoms with van der Waals surface area (Å²) in [5.41, 5.74) is 0.557. The SMILES string of the molecule is O=C(NC1(CBr)CCC1)c1ccc2c(c1)OCCO2. The molecule has 102 valence electrons. The number of hydrogen-bond acceptors (Lipinski definition) is 3. The third-order valence-corrected chi connectivity index (χ3v) is 4.82. The Balaban J connectivity index is 1.76. The van der Waals surface area contributed by atoms with E-state index in [1.807, 2.05) is 0 Å². The number of nitrogens with one attached hydrogen (secondary N) is 1. The molecule has 1 saturated carbocycles. The molecule has 1 aromatic rings. The lowest BCUT2D eigenvalue weighted by Gasteiger charge is -2.41. The standard InChI is InChI=1S/C14H16BrNO3/c15-9-14(4-1-5-14)16-13(17)10-2-3-11-12(8-10)19-7-6-18-11/h2-3,8H,1,4-7,9H2,(H,16,17). The minimum Gasteiger partial charge on any atom is -0.486 e. The van der Waals surface area contributed by atoms with Gasteiger partial charge in [-0.15, -0.1) is 0 Å². The minimum atomic E-state index is -0.0651. The van der Waals surface area contributed by atoms with Crippen molar-refractivity contribution in [2.45, 2.75) is 24.8 Å². The highest BCUT2D eigenvalue weighted by Gasteiger charge is 2.37. The molecule has 1 aromatic carbocycles. The van der Waals surface area contributed by atoms with Gasteiger partial charge < -0.3 is 14.8 Å². The fourth-order valence-corrected chi connectivity index (χ4v) is 3.09. The Kier molecular flexibility index (Phi) is 3.39. The van der Waals surface area contributed by atoms with E-state index in [1.54, 1.807) is 18.2 Å². The van der Waals surface area contributed by atoms with E-state index in [9.17, 15) is 4.79 Å². The Hall–Kier alpha value is -1.23. The van der Waals surface area contributed by atoms with Crippen LogP contribution in [0.15, 0.2) is 18.2 Å². The van der Waals surface area contributed by atoms with Crippen molar-refractivity contribution in [1.29, 1.82) is 0 Å². The molecule has 0 atom stereocenters. The normalized spacial score (nSPS) is 19.4. The molecular formula is C14H16BrNO3. The topological polar surface area (TPSA) is 47.6 Å². The van der Waals surface area contributed by atoms with Gasteiger partial charge in [0.1, 0.15) is 13.2 Å². The maximum absolute atomic E-state index is 12.3. The van der Waals surface area contributed by atoms with E-state index in [0.29, 0.717) is 30.3 Å². The Bertz CT molecular complexity index is 494. The number of alkyl halides is 1. The van der Waals surface area contributed by atoms with Crippen LogP contribution in [0.2, 0.25) is 0 Å². The zero-order chi connectivity index (χ0) is 13.3. The van der Waals surface area contributed by atoms with E-state index >= 15 is 0 Å². The number of rotatable bonds is 3. The van der Waals surface area contributed by atoms with Gasteiger partial charge in [0.15, 0.2) is 11.5 Å². The third kappa shape index (κ3) is 2.43. The summed E-state index contributed by atoms with van der Waals surface area (Å²) < 4.78 is 10.9. The second-order valence-corrected chi connectivity index (χ2v) is 5.64. The van der Waals surface area contributed by atoms with Crippen LogP contribution in [0.3, 0.4) is 0 Å². The molecule has 1 aliphatic heterocycles. The first-order valence-electron chi connectivity index (χ1n) is 6.51. The number of benzene rings is 1. The predicted molar refractivity (Wildman–Crippen MR) is 75.3 cm³/mol. The van der Waals surface area contributed by atoms with Crippen molar-refractivity contribution in [3.8, 4) is 11.5 Å². The summed E-state index contributed by atoms with van der Waals surface area (Å²) in [6.45, 7) is 1.09. The van der Waals surface area contributed by atoms with Crippen LogP contribution in [-0.4, -0.2) is 30.0 Å². The molecule has 19 heavy (non-hydrogen) atoms. The van der Waals surface area contributed by atoms with Crippen molar-refractivity contribution >= 4 is 21.8 Å². The quantitative estimate of drug-likeness (QED) is 0.868. The first kappa shape index (κ1) is 12.8. The van der Waals surface area contributed by atoms with Gasteiger partial charge in [0.25, 0.3) is 5.91 Å². The van der Waals surface area contributed by atoms with E-state index in [4.69, 9.17) is 9.47 Å². The summed E-state index contributed by atoms with van der Waals surface area (Å²) in [5.74, 6) is 1.32. The smallest absolute Gasteiger partial charge is 0.251 e. The molecule has 1 fully saturated rings. The van der Waals surface area contributed by atoms with E-state index in [2.05, 4.69) is 21.2 Å². The first-order chi connectivity index (χ1) is 9.22. The zero-order valence-corrected chi connectivity index (χ0v) is 12.2. The number of carbonyl (C=O) groups excluding carboxylic acids is 1. The molecule has 1 amide bonds. The first-order valence-corrected chi connectivity index (χ1v) is 7.63. The van der Waals surface area contributed by atoms with E-state index in [-0.39, 0.29) is 11.4 Å².